The highest BCUT2D eigenvalue weighted by atomic mass is 19.1. The molecule has 0 unspecified atom stereocenters. The molecular weight excluding hydrogens is 359 g/mol. The molecule has 1 N–H and O–H groups in total. The van der Waals surface area contributed by atoms with Crippen LogP contribution in [0, 0.1) is 18.2 Å². The van der Waals surface area contributed by atoms with Crippen LogP contribution < -0.4 is 0 Å². The Labute approximate surface area is 166 Å². The molecule has 152 valence electrons. The van der Waals surface area contributed by atoms with E-state index in [1.54, 1.807) is 19.2 Å². The largest absolute Gasteiger partial charge is 0.389 e. The summed E-state index contributed by atoms with van der Waals surface area (Å²) in [4.78, 5) is 2.15. The number of ether oxygens (including phenoxy) is 2. The Morgan fingerprint density at radius 2 is 2.11 bits per heavy atom. The molecule has 5 nitrogen and oxygen atoms in total. The minimum absolute atomic E-state index is 0.187. The van der Waals surface area contributed by atoms with Crippen molar-refractivity contribution >= 4 is 0 Å². The SMILES string of the molecule is C#CCOC[C@H](O)CN(CCCOC)Cc1cccn1Cc1ccccc1F. The molecule has 1 aromatic heterocycles. The van der Waals surface area contributed by atoms with Gasteiger partial charge in [0.05, 0.1) is 19.3 Å². The van der Waals surface area contributed by atoms with Crippen LogP contribution in [0.4, 0.5) is 4.39 Å². The average Bonchev–Trinajstić information content (AvgIpc) is 3.10. The molecule has 28 heavy (non-hydrogen) atoms. The van der Waals surface area contributed by atoms with Crippen LogP contribution in [0.5, 0.6) is 0 Å². The number of hydrogen-bond donors (Lipinski definition) is 1. The highest BCUT2D eigenvalue weighted by molar-refractivity contribution is 5.19. The van der Waals surface area contributed by atoms with Gasteiger partial charge < -0.3 is 19.1 Å². The number of benzene rings is 1. The van der Waals surface area contributed by atoms with Gasteiger partial charge in [-0.1, -0.05) is 24.1 Å². The Morgan fingerprint density at radius 1 is 1.29 bits per heavy atom. The fourth-order valence-corrected chi connectivity index (χ4v) is 3.06. The Balaban J connectivity index is 2.01. The van der Waals surface area contributed by atoms with Crippen molar-refractivity contribution in [1.29, 1.82) is 0 Å². The predicted molar refractivity (Wildman–Crippen MR) is 107 cm³/mol. The number of terminal acetylenes is 1. The number of aliphatic hydroxyl groups is 1. The van der Waals surface area contributed by atoms with Gasteiger partial charge in [0, 0.05) is 50.8 Å². The molecule has 1 heterocycles. The number of aromatic nitrogens is 1. The zero-order chi connectivity index (χ0) is 20.2. The third-order valence-corrected chi connectivity index (χ3v) is 4.40. The molecule has 0 aliphatic heterocycles. The van der Waals surface area contributed by atoms with Gasteiger partial charge in [-0.05, 0) is 24.6 Å². The summed E-state index contributed by atoms with van der Waals surface area (Å²) in [6, 6.07) is 10.8. The number of aliphatic hydroxyl groups excluding tert-OH is 1. The maximum Gasteiger partial charge on any atom is 0.128 e. The normalized spacial score (nSPS) is 12.2. The predicted octanol–water partition coefficient (Wildman–Crippen LogP) is 2.52. The summed E-state index contributed by atoms with van der Waals surface area (Å²) >= 11 is 0. The summed E-state index contributed by atoms with van der Waals surface area (Å²) in [6.07, 6.45) is 7.33. The van der Waals surface area contributed by atoms with Crippen molar-refractivity contribution in [2.75, 3.05) is 40.0 Å². The van der Waals surface area contributed by atoms with E-state index in [4.69, 9.17) is 15.9 Å². The first-order valence-corrected chi connectivity index (χ1v) is 9.42. The van der Waals surface area contributed by atoms with Crippen LogP contribution in [0.25, 0.3) is 0 Å². The summed E-state index contributed by atoms with van der Waals surface area (Å²) in [5.74, 6) is 2.18. The van der Waals surface area contributed by atoms with Crippen LogP contribution in [0.15, 0.2) is 42.6 Å². The lowest BCUT2D eigenvalue weighted by Crippen LogP contribution is -2.36. The fourth-order valence-electron chi connectivity index (χ4n) is 3.06. The minimum atomic E-state index is -0.633. The molecule has 0 radical (unpaired) electrons. The summed E-state index contributed by atoms with van der Waals surface area (Å²) in [6.45, 7) is 3.36. The maximum atomic E-state index is 14.0. The van der Waals surface area contributed by atoms with Gasteiger partial charge in [0.1, 0.15) is 12.4 Å². The van der Waals surface area contributed by atoms with Crippen molar-refractivity contribution in [2.24, 2.45) is 0 Å². The lowest BCUT2D eigenvalue weighted by atomic mass is 10.2. The summed E-state index contributed by atoms with van der Waals surface area (Å²) in [5, 5.41) is 10.2. The molecular formula is C22H29FN2O3. The van der Waals surface area contributed by atoms with Crippen LogP contribution in [-0.4, -0.2) is 60.7 Å². The van der Waals surface area contributed by atoms with Gasteiger partial charge in [0.15, 0.2) is 0 Å². The lowest BCUT2D eigenvalue weighted by Gasteiger charge is -2.25. The summed E-state index contributed by atoms with van der Waals surface area (Å²) in [5.41, 5.74) is 1.70. The van der Waals surface area contributed by atoms with Crippen molar-refractivity contribution < 1.29 is 19.0 Å². The number of methoxy groups -OCH3 is 1. The number of hydrogen-bond acceptors (Lipinski definition) is 4. The number of halogens is 1. The van der Waals surface area contributed by atoms with Crippen molar-refractivity contribution in [1.82, 2.24) is 9.47 Å². The van der Waals surface area contributed by atoms with Gasteiger partial charge in [-0.15, -0.1) is 6.42 Å². The molecule has 6 heteroatoms. The highest BCUT2D eigenvalue weighted by Crippen LogP contribution is 2.14. The van der Waals surface area contributed by atoms with Crippen LogP contribution >= 0.6 is 0 Å². The number of rotatable bonds is 13. The van der Waals surface area contributed by atoms with E-state index in [0.29, 0.717) is 31.8 Å². The van der Waals surface area contributed by atoms with Crippen molar-refractivity contribution in [3.05, 3.63) is 59.7 Å². The monoisotopic (exact) mass is 388 g/mol. The quantitative estimate of drug-likeness (QED) is 0.423. The number of nitrogens with zero attached hydrogens (tertiary/aromatic N) is 2. The van der Waals surface area contributed by atoms with Gasteiger partial charge in [-0.25, -0.2) is 4.39 Å². The lowest BCUT2D eigenvalue weighted by molar-refractivity contribution is 0.0240. The molecule has 2 rings (SSSR count). The molecule has 0 aliphatic carbocycles. The fraction of sp³-hybridized carbons (Fsp3) is 0.455. The molecule has 0 fully saturated rings. The van der Waals surface area contributed by atoms with E-state index in [0.717, 1.165) is 18.7 Å². The first-order valence-electron chi connectivity index (χ1n) is 9.42. The molecule has 0 saturated carbocycles. The Morgan fingerprint density at radius 3 is 2.86 bits per heavy atom. The minimum Gasteiger partial charge on any atom is -0.389 e. The average molecular weight is 388 g/mol. The van der Waals surface area contributed by atoms with Crippen LogP contribution in [0.2, 0.25) is 0 Å². The molecule has 0 bridgehead atoms. The summed E-state index contributed by atoms with van der Waals surface area (Å²) in [7, 11) is 1.67. The van der Waals surface area contributed by atoms with E-state index in [9.17, 15) is 9.50 Å². The molecule has 0 aliphatic rings. The van der Waals surface area contributed by atoms with E-state index < -0.39 is 6.10 Å². The zero-order valence-electron chi connectivity index (χ0n) is 16.4. The third kappa shape index (κ3) is 7.45. The molecule has 0 spiro atoms. The summed E-state index contributed by atoms with van der Waals surface area (Å²) < 4.78 is 26.4. The highest BCUT2D eigenvalue weighted by Gasteiger charge is 2.15. The van der Waals surface area contributed by atoms with E-state index in [1.807, 2.05) is 29.0 Å². The van der Waals surface area contributed by atoms with Crippen LogP contribution in [-0.2, 0) is 22.6 Å². The molecule has 1 aromatic carbocycles. The second kappa shape index (κ2) is 12.3. The second-order valence-electron chi connectivity index (χ2n) is 6.67. The van der Waals surface area contributed by atoms with Crippen LogP contribution in [0.3, 0.4) is 0 Å². The first kappa shape index (κ1) is 22.1. The molecule has 1 atom stereocenters. The zero-order valence-corrected chi connectivity index (χ0v) is 16.4. The van der Waals surface area contributed by atoms with E-state index >= 15 is 0 Å². The molecule has 0 saturated heterocycles. The van der Waals surface area contributed by atoms with E-state index in [2.05, 4.69) is 10.8 Å². The molecule has 2 aromatic rings. The van der Waals surface area contributed by atoms with Crippen molar-refractivity contribution in [3.8, 4) is 12.3 Å². The Bertz CT molecular complexity index is 741. The van der Waals surface area contributed by atoms with Gasteiger partial charge in [0.2, 0.25) is 0 Å². The van der Waals surface area contributed by atoms with Crippen molar-refractivity contribution in [2.45, 2.75) is 25.6 Å². The van der Waals surface area contributed by atoms with Crippen LogP contribution in [0.1, 0.15) is 17.7 Å². The topological polar surface area (TPSA) is 46.9 Å². The Kier molecular flexibility index (Phi) is 9.73. The van der Waals surface area contributed by atoms with E-state index in [-0.39, 0.29) is 19.0 Å². The Hall–Kier alpha value is -2.17. The van der Waals surface area contributed by atoms with Gasteiger partial charge >= 0.3 is 0 Å². The maximum absolute atomic E-state index is 14.0. The molecule has 0 amide bonds. The van der Waals surface area contributed by atoms with E-state index in [1.165, 1.54) is 6.07 Å². The standard InChI is InChI=1S/C22H29FN2O3/c1-3-13-28-18-21(26)17-24(11-7-14-27-2)16-20-9-6-12-25(20)15-19-8-4-5-10-22(19)23/h1,4-6,8-10,12,21,26H,7,11,13-18H2,2H3/t21-/m1/s1. The van der Waals surface area contributed by atoms with Crippen molar-refractivity contribution in [3.63, 3.8) is 0 Å². The van der Waals surface area contributed by atoms with Gasteiger partial charge in [0.25, 0.3) is 0 Å². The third-order valence-electron chi connectivity index (χ3n) is 4.40. The first-order chi connectivity index (χ1) is 13.6. The van der Waals surface area contributed by atoms with Gasteiger partial charge in [-0.3, -0.25) is 4.90 Å². The van der Waals surface area contributed by atoms with Gasteiger partial charge in [-0.2, -0.15) is 0 Å². The smallest absolute Gasteiger partial charge is 0.128 e. The second-order valence-corrected chi connectivity index (χ2v) is 6.67.